The highest BCUT2D eigenvalue weighted by Crippen LogP contribution is 2.02. The van der Waals surface area contributed by atoms with Crippen molar-refractivity contribution in [2.45, 2.75) is 38.1 Å². The summed E-state index contributed by atoms with van der Waals surface area (Å²) in [6.07, 6.45) is 5.52. The number of hydrogen-bond donors (Lipinski definition) is 5. The van der Waals surface area contributed by atoms with Crippen molar-refractivity contribution in [3.63, 3.8) is 0 Å². The molecule has 0 aromatic rings. The molecule has 0 saturated heterocycles. The molecule has 0 amide bonds. The van der Waals surface area contributed by atoms with E-state index in [2.05, 4.69) is 34.5 Å². The van der Waals surface area contributed by atoms with E-state index in [0.29, 0.717) is 6.04 Å². The first-order chi connectivity index (χ1) is 11.6. The average molecular weight is 346 g/mol. The van der Waals surface area contributed by atoms with E-state index < -0.39 is 0 Å². The Morgan fingerprint density at radius 1 is 0.833 bits per heavy atom. The van der Waals surface area contributed by atoms with Crippen LogP contribution in [0.2, 0.25) is 0 Å². The molecule has 7 heteroatoms. The Labute approximate surface area is 149 Å². The van der Waals surface area contributed by atoms with Crippen molar-refractivity contribution in [2.75, 3.05) is 73.1 Å². The van der Waals surface area contributed by atoms with Gasteiger partial charge >= 0.3 is 0 Å². The molecule has 8 N–H and O–H groups in total. The first kappa shape index (κ1) is 23.7. The minimum Gasteiger partial charge on any atom is -0.330 e. The lowest BCUT2D eigenvalue weighted by atomic mass is 10.1. The van der Waals surface area contributed by atoms with Crippen LogP contribution in [0.3, 0.4) is 0 Å². The second-order valence-corrected chi connectivity index (χ2v) is 6.75. The summed E-state index contributed by atoms with van der Waals surface area (Å²) in [6.45, 7) is 8.46. The van der Waals surface area contributed by atoms with Crippen LogP contribution in [-0.4, -0.2) is 89.0 Å². The Morgan fingerprint density at radius 2 is 1.42 bits per heavy atom. The first-order valence-corrected chi connectivity index (χ1v) is 9.55. The van der Waals surface area contributed by atoms with E-state index in [9.17, 15) is 0 Å². The Balaban J connectivity index is 4.11. The van der Waals surface area contributed by atoms with Crippen LogP contribution in [0.15, 0.2) is 0 Å². The van der Waals surface area contributed by atoms with Gasteiger partial charge in [-0.15, -0.1) is 0 Å². The van der Waals surface area contributed by atoms with E-state index in [-0.39, 0.29) is 0 Å². The number of nitrogens with one attached hydrogen (secondary N) is 2. The van der Waals surface area contributed by atoms with Crippen LogP contribution in [-0.2, 0) is 0 Å². The van der Waals surface area contributed by atoms with Gasteiger partial charge in [-0.1, -0.05) is 0 Å². The molecular formula is C17H43N7. The topological polar surface area (TPSA) is 109 Å². The molecule has 0 rings (SSSR count). The lowest BCUT2D eigenvalue weighted by Gasteiger charge is -2.24. The molecule has 0 aliphatic carbocycles. The summed E-state index contributed by atoms with van der Waals surface area (Å²) in [7, 11) is 4.16. The number of nitrogens with two attached hydrogens (primary N) is 3. The summed E-state index contributed by atoms with van der Waals surface area (Å²) in [5, 5.41) is 7.14. The predicted octanol–water partition coefficient (Wildman–Crippen LogP) is -0.818. The Hall–Kier alpha value is -0.280. The van der Waals surface area contributed by atoms with E-state index in [0.717, 1.165) is 78.3 Å². The van der Waals surface area contributed by atoms with E-state index in [1.54, 1.807) is 0 Å². The molecule has 7 nitrogen and oxygen atoms in total. The van der Waals surface area contributed by atoms with Crippen LogP contribution in [0.1, 0.15) is 32.1 Å². The molecule has 0 aromatic heterocycles. The summed E-state index contributed by atoms with van der Waals surface area (Å²) >= 11 is 0. The molecule has 0 fully saturated rings. The van der Waals surface area contributed by atoms with Gasteiger partial charge in [0.1, 0.15) is 0 Å². The first-order valence-electron chi connectivity index (χ1n) is 9.55. The highest BCUT2D eigenvalue weighted by Gasteiger charge is 2.10. The van der Waals surface area contributed by atoms with Gasteiger partial charge in [0.2, 0.25) is 0 Å². The fourth-order valence-corrected chi connectivity index (χ4v) is 2.67. The molecule has 24 heavy (non-hydrogen) atoms. The molecule has 0 aliphatic heterocycles. The molecule has 146 valence electrons. The molecule has 1 atom stereocenters. The van der Waals surface area contributed by atoms with Gasteiger partial charge in [-0.2, -0.15) is 0 Å². The highest BCUT2D eigenvalue weighted by molar-refractivity contribution is 4.71. The zero-order chi connectivity index (χ0) is 18.0. The van der Waals surface area contributed by atoms with Gasteiger partial charge in [-0.25, -0.2) is 0 Å². The van der Waals surface area contributed by atoms with E-state index in [4.69, 9.17) is 17.2 Å². The zero-order valence-corrected chi connectivity index (χ0v) is 16.1. The lowest BCUT2D eigenvalue weighted by Crippen LogP contribution is -2.42. The molecule has 0 aromatic carbocycles. The van der Waals surface area contributed by atoms with Gasteiger partial charge in [0.15, 0.2) is 0 Å². The molecule has 0 bridgehead atoms. The van der Waals surface area contributed by atoms with Crippen molar-refractivity contribution in [2.24, 2.45) is 17.2 Å². The van der Waals surface area contributed by atoms with Crippen molar-refractivity contribution < 1.29 is 0 Å². The third-order valence-electron chi connectivity index (χ3n) is 4.02. The summed E-state index contributed by atoms with van der Waals surface area (Å²) in [5.41, 5.74) is 16.9. The van der Waals surface area contributed by atoms with E-state index in [1.807, 2.05) is 0 Å². The molecule has 0 heterocycles. The molecule has 1 unspecified atom stereocenters. The quantitative estimate of drug-likeness (QED) is 0.163. The van der Waals surface area contributed by atoms with Gasteiger partial charge in [-0.3, -0.25) is 4.90 Å². The Morgan fingerprint density at radius 3 is 1.96 bits per heavy atom. The highest BCUT2D eigenvalue weighted by atomic mass is 15.2. The van der Waals surface area contributed by atoms with Crippen LogP contribution in [0.25, 0.3) is 0 Å². The van der Waals surface area contributed by atoms with E-state index in [1.165, 1.54) is 12.8 Å². The smallest absolute Gasteiger partial charge is 0.0475 e. The fraction of sp³-hybridized carbons (Fsp3) is 1.00. The second-order valence-electron chi connectivity index (χ2n) is 6.75. The van der Waals surface area contributed by atoms with Crippen LogP contribution in [0, 0.1) is 0 Å². The zero-order valence-electron chi connectivity index (χ0n) is 16.1. The minimum atomic E-state index is 0.502. The van der Waals surface area contributed by atoms with Crippen molar-refractivity contribution in [1.82, 2.24) is 20.4 Å². The van der Waals surface area contributed by atoms with Crippen molar-refractivity contribution in [1.29, 1.82) is 0 Å². The van der Waals surface area contributed by atoms with Crippen molar-refractivity contribution in [3.05, 3.63) is 0 Å². The Bertz CT molecular complexity index is 243. The maximum Gasteiger partial charge on any atom is 0.0475 e. The third-order valence-corrected chi connectivity index (χ3v) is 4.02. The van der Waals surface area contributed by atoms with Crippen LogP contribution < -0.4 is 27.8 Å². The summed E-state index contributed by atoms with van der Waals surface area (Å²) in [4.78, 5) is 4.65. The maximum atomic E-state index is 5.65. The minimum absolute atomic E-state index is 0.502. The summed E-state index contributed by atoms with van der Waals surface area (Å²) in [6, 6.07) is 0.502. The molecule has 0 aliphatic rings. The Kier molecular flexibility index (Phi) is 17.3. The van der Waals surface area contributed by atoms with Gasteiger partial charge in [-0.05, 0) is 92.0 Å². The van der Waals surface area contributed by atoms with Crippen LogP contribution in [0.4, 0.5) is 0 Å². The normalized spacial score (nSPS) is 13.1. The van der Waals surface area contributed by atoms with Crippen molar-refractivity contribution in [3.8, 4) is 0 Å². The van der Waals surface area contributed by atoms with Gasteiger partial charge < -0.3 is 32.7 Å². The molecule has 0 spiro atoms. The van der Waals surface area contributed by atoms with Crippen molar-refractivity contribution >= 4 is 0 Å². The van der Waals surface area contributed by atoms with Crippen LogP contribution in [0.5, 0.6) is 0 Å². The fourth-order valence-electron chi connectivity index (χ4n) is 2.67. The average Bonchev–Trinajstić information content (AvgIpc) is 2.56. The third kappa shape index (κ3) is 15.3. The number of rotatable bonds is 18. The summed E-state index contributed by atoms with van der Waals surface area (Å²) in [5.74, 6) is 0. The SMILES string of the molecule is CN(C)CNCC(CCCN(CCCN)CCCN)NCCCN. The second kappa shape index (κ2) is 17.5. The van der Waals surface area contributed by atoms with E-state index >= 15 is 0 Å². The number of nitrogens with zero attached hydrogens (tertiary/aromatic N) is 2. The number of hydrogen-bond acceptors (Lipinski definition) is 7. The molecule has 0 radical (unpaired) electrons. The van der Waals surface area contributed by atoms with Crippen LogP contribution >= 0.6 is 0 Å². The maximum absolute atomic E-state index is 5.65. The lowest BCUT2D eigenvalue weighted by molar-refractivity contribution is 0.257. The monoisotopic (exact) mass is 345 g/mol. The van der Waals surface area contributed by atoms with Gasteiger partial charge in [0.05, 0.1) is 0 Å². The summed E-state index contributed by atoms with van der Waals surface area (Å²) < 4.78 is 0. The van der Waals surface area contributed by atoms with Gasteiger partial charge in [0, 0.05) is 19.3 Å². The predicted molar refractivity (Wildman–Crippen MR) is 105 cm³/mol. The molecule has 0 saturated carbocycles. The van der Waals surface area contributed by atoms with Gasteiger partial charge in [0.25, 0.3) is 0 Å². The standard InChI is InChI=1S/C17H43N7/c1-23(2)16-21-15-17(22-11-4-8-18)7-3-12-24(13-5-9-19)14-6-10-20/h17,21-22H,3-16,18-20H2,1-2H3. The largest absolute Gasteiger partial charge is 0.330 e. The molecular weight excluding hydrogens is 302 g/mol.